The third-order valence-corrected chi connectivity index (χ3v) is 3.90. The van der Waals surface area contributed by atoms with E-state index in [0.29, 0.717) is 10.6 Å². The molecule has 0 atom stereocenters. The van der Waals surface area contributed by atoms with Crippen LogP contribution < -0.4 is 5.32 Å². The third kappa shape index (κ3) is 3.81. The fourth-order valence-electron chi connectivity index (χ4n) is 2.26. The van der Waals surface area contributed by atoms with E-state index >= 15 is 0 Å². The molecule has 0 fully saturated rings. The van der Waals surface area contributed by atoms with Gasteiger partial charge in [-0.2, -0.15) is 0 Å². The fourth-order valence-corrected chi connectivity index (χ4v) is 2.48. The number of aryl methyl sites for hydroxylation is 1. The Kier molecular flexibility index (Phi) is 4.91. The van der Waals surface area contributed by atoms with Gasteiger partial charge in [0.2, 0.25) is 5.91 Å². The summed E-state index contributed by atoms with van der Waals surface area (Å²) in [7, 11) is 0. The average molecular weight is 342 g/mol. The molecule has 5 nitrogen and oxygen atoms in total. The SMILES string of the molecule is CCc1ccc(CC(=O)Nc2nnc(-c3ccccc3Cl)o2)cc1. The maximum absolute atomic E-state index is 12.1. The molecule has 0 aliphatic rings. The average Bonchev–Trinajstić information content (AvgIpc) is 3.04. The van der Waals surface area contributed by atoms with Gasteiger partial charge in [0, 0.05) is 0 Å². The molecule has 1 aromatic heterocycles. The van der Waals surface area contributed by atoms with Crippen LogP contribution in [-0.4, -0.2) is 16.1 Å². The molecule has 0 spiro atoms. The molecule has 0 saturated heterocycles. The van der Waals surface area contributed by atoms with E-state index in [4.69, 9.17) is 16.0 Å². The van der Waals surface area contributed by atoms with Crippen molar-refractivity contribution in [2.75, 3.05) is 5.32 Å². The molecular formula is C18H16ClN3O2. The first kappa shape index (κ1) is 16.2. The topological polar surface area (TPSA) is 68.0 Å². The Morgan fingerprint density at radius 1 is 1.08 bits per heavy atom. The molecule has 0 bridgehead atoms. The molecule has 0 saturated carbocycles. The normalized spacial score (nSPS) is 10.6. The van der Waals surface area contributed by atoms with Crippen LogP contribution in [-0.2, 0) is 17.6 Å². The summed E-state index contributed by atoms with van der Waals surface area (Å²) in [4.78, 5) is 12.1. The minimum Gasteiger partial charge on any atom is -0.403 e. The largest absolute Gasteiger partial charge is 0.403 e. The summed E-state index contributed by atoms with van der Waals surface area (Å²) in [5.74, 6) is 0.0526. The van der Waals surface area contributed by atoms with Crippen LogP contribution in [0.4, 0.5) is 6.01 Å². The first-order chi connectivity index (χ1) is 11.7. The summed E-state index contributed by atoms with van der Waals surface area (Å²) in [6.45, 7) is 2.09. The third-order valence-electron chi connectivity index (χ3n) is 3.57. The van der Waals surface area contributed by atoms with E-state index in [1.807, 2.05) is 36.4 Å². The van der Waals surface area contributed by atoms with Crippen molar-refractivity contribution in [3.63, 3.8) is 0 Å². The molecule has 6 heteroatoms. The Hall–Kier alpha value is -2.66. The molecule has 0 aliphatic carbocycles. The van der Waals surface area contributed by atoms with Crippen LogP contribution >= 0.6 is 11.6 Å². The van der Waals surface area contributed by atoms with Crippen molar-refractivity contribution in [1.29, 1.82) is 0 Å². The summed E-state index contributed by atoms with van der Waals surface area (Å²) in [6, 6.07) is 15.1. The second kappa shape index (κ2) is 7.27. The lowest BCUT2D eigenvalue weighted by atomic mass is 10.1. The molecule has 1 heterocycles. The zero-order valence-corrected chi connectivity index (χ0v) is 13.9. The van der Waals surface area contributed by atoms with Gasteiger partial charge < -0.3 is 4.42 Å². The second-order valence-corrected chi connectivity index (χ2v) is 5.69. The van der Waals surface area contributed by atoms with Crippen LogP contribution in [0.15, 0.2) is 52.9 Å². The number of halogens is 1. The second-order valence-electron chi connectivity index (χ2n) is 5.29. The summed E-state index contributed by atoms with van der Waals surface area (Å²) in [6.07, 6.45) is 1.22. The molecule has 0 radical (unpaired) electrons. The highest BCUT2D eigenvalue weighted by Crippen LogP contribution is 2.27. The van der Waals surface area contributed by atoms with E-state index in [0.717, 1.165) is 12.0 Å². The number of amides is 1. The number of rotatable bonds is 5. The number of nitrogens with one attached hydrogen (secondary N) is 1. The summed E-state index contributed by atoms with van der Waals surface area (Å²) < 4.78 is 5.46. The monoisotopic (exact) mass is 341 g/mol. The van der Waals surface area contributed by atoms with Crippen LogP contribution in [0.25, 0.3) is 11.5 Å². The molecule has 1 N–H and O–H groups in total. The van der Waals surface area contributed by atoms with E-state index in [1.54, 1.807) is 12.1 Å². The van der Waals surface area contributed by atoms with E-state index in [2.05, 4.69) is 22.4 Å². The van der Waals surface area contributed by atoms with Crippen molar-refractivity contribution in [2.24, 2.45) is 0 Å². The van der Waals surface area contributed by atoms with Gasteiger partial charge in [0.25, 0.3) is 5.89 Å². The van der Waals surface area contributed by atoms with Gasteiger partial charge in [0.05, 0.1) is 17.0 Å². The van der Waals surface area contributed by atoms with Crippen LogP contribution in [0.3, 0.4) is 0 Å². The molecule has 24 heavy (non-hydrogen) atoms. The number of carbonyl (C=O) groups excluding carboxylic acids is 1. The summed E-state index contributed by atoms with van der Waals surface area (Å²) in [5, 5.41) is 10.9. The number of carbonyl (C=O) groups is 1. The van der Waals surface area contributed by atoms with Crippen molar-refractivity contribution < 1.29 is 9.21 Å². The van der Waals surface area contributed by atoms with Gasteiger partial charge in [-0.15, -0.1) is 5.10 Å². The number of aromatic nitrogens is 2. The molecule has 1 amide bonds. The molecule has 2 aromatic carbocycles. The van der Waals surface area contributed by atoms with Crippen molar-refractivity contribution in [3.8, 4) is 11.5 Å². The first-order valence-electron chi connectivity index (χ1n) is 7.62. The summed E-state index contributed by atoms with van der Waals surface area (Å²) in [5.41, 5.74) is 2.79. The quantitative estimate of drug-likeness (QED) is 0.757. The van der Waals surface area contributed by atoms with E-state index in [9.17, 15) is 4.79 Å². The van der Waals surface area contributed by atoms with Crippen LogP contribution in [0.2, 0.25) is 5.02 Å². The Labute approximate surface area is 144 Å². The zero-order valence-electron chi connectivity index (χ0n) is 13.1. The number of nitrogens with zero attached hydrogens (tertiary/aromatic N) is 2. The Balaban J connectivity index is 1.66. The van der Waals surface area contributed by atoms with E-state index in [-0.39, 0.29) is 24.2 Å². The standard InChI is InChI=1S/C18H16ClN3O2/c1-2-12-7-9-13(10-8-12)11-16(23)20-18-22-21-17(24-18)14-5-3-4-6-15(14)19/h3-10H,2,11H2,1H3,(H,20,22,23). The number of benzene rings is 2. The lowest BCUT2D eigenvalue weighted by molar-refractivity contribution is -0.115. The molecule has 3 rings (SSSR count). The molecular weight excluding hydrogens is 326 g/mol. The minimum atomic E-state index is -0.214. The van der Waals surface area contributed by atoms with E-state index in [1.165, 1.54) is 5.56 Å². The lowest BCUT2D eigenvalue weighted by Crippen LogP contribution is -2.14. The zero-order chi connectivity index (χ0) is 16.9. The molecule has 122 valence electrons. The molecule has 3 aromatic rings. The van der Waals surface area contributed by atoms with Gasteiger partial charge in [-0.1, -0.05) is 60.0 Å². The van der Waals surface area contributed by atoms with Crippen LogP contribution in [0.5, 0.6) is 0 Å². The maximum atomic E-state index is 12.1. The number of anilines is 1. The van der Waals surface area contributed by atoms with Gasteiger partial charge in [-0.25, -0.2) is 0 Å². The van der Waals surface area contributed by atoms with Gasteiger partial charge in [-0.05, 0) is 29.7 Å². The van der Waals surface area contributed by atoms with E-state index < -0.39 is 0 Å². The van der Waals surface area contributed by atoms with Crippen LogP contribution in [0, 0.1) is 0 Å². The predicted octanol–water partition coefficient (Wildman–Crippen LogP) is 4.13. The Morgan fingerprint density at radius 2 is 1.79 bits per heavy atom. The number of hydrogen-bond donors (Lipinski definition) is 1. The predicted molar refractivity (Wildman–Crippen MR) is 92.9 cm³/mol. The van der Waals surface area contributed by atoms with Gasteiger partial charge in [-0.3, -0.25) is 10.1 Å². The molecule has 0 aliphatic heterocycles. The lowest BCUT2D eigenvalue weighted by Gasteiger charge is -2.02. The first-order valence-corrected chi connectivity index (χ1v) is 7.99. The fraction of sp³-hybridized carbons (Fsp3) is 0.167. The summed E-state index contributed by atoms with van der Waals surface area (Å²) >= 11 is 6.09. The molecule has 0 unspecified atom stereocenters. The highest BCUT2D eigenvalue weighted by Gasteiger charge is 2.13. The van der Waals surface area contributed by atoms with Crippen molar-refractivity contribution in [1.82, 2.24) is 10.2 Å². The maximum Gasteiger partial charge on any atom is 0.322 e. The van der Waals surface area contributed by atoms with Gasteiger partial charge in [0.15, 0.2) is 0 Å². The highest BCUT2D eigenvalue weighted by molar-refractivity contribution is 6.33. The Morgan fingerprint density at radius 3 is 2.50 bits per heavy atom. The van der Waals surface area contributed by atoms with Crippen LogP contribution in [0.1, 0.15) is 18.1 Å². The number of hydrogen-bond acceptors (Lipinski definition) is 4. The Bertz CT molecular complexity index is 843. The van der Waals surface area contributed by atoms with Gasteiger partial charge in [0.1, 0.15) is 0 Å². The minimum absolute atomic E-state index is 0.0556. The highest BCUT2D eigenvalue weighted by atomic mass is 35.5. The van der Waals surface area contributed by atoms with Crippen molar-refractivity contribution >= 4 is 23.5 Å². The smallest absolute Gasteiger partial charge is 0.322 e. The van der Waals surface area contributed by atoms with Crippen molar-refractivity contribution in [3.05, 3.63) is 64.7 Å². The van der Waals surface area contributed by atoms with Gasteiger partial charge >= 0.3 is 6.01 Å². The van der Waals surface area contributed by atoms with Crippen molar-refractivity contribution in [2.45, 2.75) is 19.8 Å².